The van der Waals surface area contributed by atoms with E-state index < -0.39 is 17.6 Å². The van der Waals surface area contributed by atoms with Crippen LogP contribution < -0.4 is 10.6 Å². The summed E-state index contributed by atoms with van der Waals surface area (Å²) < 4.78 is 39.0. The molecule has 3 aromatic rings. The van der Waals surface area contributed by atoms with Gasteiger partial charge in [0.2, 0.25) is 11.0 Å². The summed E-state index contributed by atoms with van der Waals surface area (Å²) in [4.78, 5) is 24.2. The molecule has 0 aliphatic carbocycles. The highest BCUT2D eigenvalue weighted by molar-refractivity contribution is 9.10. The number of hydrogen-bond acceptors (Lipinski definition) is 6. The number of rotatable bonds is 6. The molecule has 2 N–H and O–H groups in total. The van der Waals surface area contributed by atoms with Crippen LogP contribution in [0.3, 0.4) is 0 Å². The standard InChI is InChI=1S/C18H12BrF3N4O2S2/c19-12-5-1-10(2-6-12)15(28)24-16-25-26-17(30-16)29-9-14(27)23-13-7-3-11(4-8-13)18(20,21)22/h1-8H,9H2,(H,23,27)(H,24,25,28). The van der Waals surface area contributed by atoms with Crippen LogP contribution in [0.1, 0.15) is 15.9 Å². The lowest BCUT2D eigenvalue weighted by Crippen LogP contribution is -2.14. The smallest absolute Gasteiger partial charge is 0.325 e. The number of hydrogen-bond donors (Lipinski definition) is 2. The first-order chi connectivity index (χ1) is 14.2. The van der Waals surface area contributed by atoms with E-state index in [0.717, 1.165) is 39.7 Å². The predicted molar refractivity (Wildman–Crippen MR) is 113 cm³/mol. The molecule has 156 valence electrons. The van der Waals surface area contributed by atoms with Gasteiger partial charge in [0.15, 0.2) is 4.34 Å². The van der Waals surface area contributed by atoms with Gasteiger partial charge >= 0.3 is 6.18 Å². The molecule has 0 radical (unpaired) electrons. The Hall–Kier alpha value is -2.44. The molecule has 30 heavy (non-hydrogen) atoms. The van der Waals surface area contributed by atoms with E-state index in [-0.39, 0.29) is 22.5 Å². The van der Waals surface area contributed by atoms with Crippen molar-refractivity contribution in [1.82, 2.24) is 10.2 Å². The molecule has 0 unspecified atom stereocenters. The maximum Gasteiger partial charge on any atom is 0.416 e. The molecular formula is C18H12BrF3N4O2S2. The van der Waals surface area contributed by atoms with Crippen molar-refractivity contribution in [2.45, 2.75) is 10.5 Å². The number of benzene rings is 2. The van der Waals surface area contributed by atoms with E-state index >= 15 is 0 Å². The molecule has 12 heteroatoms. The van der Waals surface area contributed by atoms with Gasteiger partial charge in [0.25, 0.3) is 5.91 Å². The Bertz CT molecular complexity index is 1040. The summed E-state index contributed by atoms with van der Waals surface area (Å²) in [6.45, 7) is 0. The zero-order valence-corrected chi connectivity index (χ0v) is 18.1. The van der Waals surface area contributed by atoms with Crippen LogP contribution in [-0.2, 0) is 11.0 Å². The number of amides is 2. The molecule has 0 fully saturated rings. The fourth-order valence-electron chi connectivity index (χ4n) is 2.16. The van der Waals surface area contributed by atoms with Gasteiger partial charge in [-0.2, -0.15) is 13.2 Å². The lowest BCUT2D eigenvalue weighted by molar-refractivity contribution is -0.137. The number of thioether (sulfide) groups is 1. The molecule has 6 nitrogen and oxygen atoms in total. The number of nitrogens with zero attached hydrogens (tertiary/aromatic N) is 2. The SMILES string of the molecule is O=C(CSc1nnc(NC(=O)c2ccc(Br)cc2)s1)Nc1ccc(C(F)(F)F)cc1. The van der Waals surface area contributed by atoms with Crippen molar-refractivity contribution in [3.8, 4) is 0 Å². The van der Waals surface area contributed by atoms with Crippen LogP contribution in [0.15, 0.2) is 57.3 Å². The number of halogens is 4. The van der Waals surface area contributed by atoms with Gasteiger partial charge in [-0.3, -0.25) is 14.9 Å². The van der Waals surface area contributed by atoms with E-state index in [0.29, 0.717) is 9.90 Å². The number of carbonyl (C=O) groups excluding carboxylic acids is 2. The number of nitrogens with one attached hydrogen (secondary N) is 2. The van der Waals surface area contributed by atoms with Crippen molar-refractivity contribution in [2.24, 2.45) is 0 Å². The van der Waals surface area contributed by atoms with E-state index in [4.69, 9.17) is 0 Å². The van der Waals surface area contributed by atoms with Crippen molar-refractivity contribution >= 4 is 61.7 Å². The second-order valence-corrected chi connectivity index (χ2v) is 8.86. The summed E-state index contributed by atoms with van der Waals surface area (Å²) in [6.07, 6.45) is -4.43. The molecule has 0 saturated carbocycles. The lowest BCUT2D eigenvalue weighted by atomic mass is 10.2. The minimum Gasteiger partial charge on any atom is -0.325 e. The van der Waals surface area contributed by atoms with Crippen molar-refractivity contribution in [2.75, 3.05) is 16.4 Å². The Morgan fingerprint density at radius 2 is 1.67 bits per heavy atom. The average Bonchev–Trinajstić information content (AvgIpc) is 3.14. The van der Waals surface area contributed by atoms with Gasteiger partial charge in [-0.05, 0) is 48.5 Å². The zero-order chi connectivity index (χ0) is 21.7. The summed E-state index contributed by atoms with van der Waals surface area (Å²) in [6, 6.07) is 11.0. The third kappa shape index (κ3) is 6.28. The Balaban J connectivity index is 1.49. The van der Waals surface area contributed by atoms with Gasteiger partial charge in [0.1, 0.15) is 0 Å². The molecule has 3 rings (SSSR count). The fourth-order valence-corrected chi connectivity index (χ4v) is 3.97. The quantitative estimate of drug-likeness (QED) is 0.343. The van der Waals surface area contributed by atoms with Gasteiger partial charge in [-0.15, -0.1) is 10.2 Å². The van der Waals surface area contributed by atoms with Crippen LogP contribution in [-0.4, -0.2) is 27.8 Å². The molecule has 0 aliphatic heterocycles. The minimum atomic E-state index is -4.43. The van der Waals surface area contributed by atoms with Crippen molar-refractivity contribution in [3.63, 3.8) is 0 Å². The third-order valence-corrected chi connectivity index (χ3v) is 6.06. The molecule has 1 aromatic heterocycles. The summed E-state index contributed by atoms with van der Waals surface area (Å²) in [7, 11) is 0. The number of carbonyl (C=O) groups is 2. The van der Waals surface area contributed by atoms with Gasteiger partial charge in [0, 0.05) is 15.7 Å². The first kappa shape index (κ1) is 22.2. The Morgan fingerprint density at radius 1 is 1.00 bits per heavy atom. The molecule has 0 atom stereocenters. The first-order valence-corrected chi connectivity index (χ1v) is 10.8. The third-order valence-electron chi connectivity index (χ3n) is 3.56. The van der Waals surface area contributed by atoms with Crippen molar-refractivity contribution in [3.05, 3.63) is 64.1 Å². The van der Waals surface area contributed by atoms with E-state index in [1.165, 1.54) is 12.1 Å². The second-order valence-electron chi connectivity index (χ2n) is 5.75. The summed E-state index contributed by atoms with van der Waals surface area (Å²) >= 11 is 5.50. The number of anilines is 2. The molecule has 2 aromatic carbocycles. The Labute approximate surface area is 185 Å². The van der Waals surface area contributed by atoms with Crippen LogP contribution >= 0.6 is 39.0 Å². The van der Waals surface area contributed by atoms with Crippen LogP contribution in [0.5, 0.6) is 0 Å². The highest BCUT2D eigenvalue weighted by Crippen LogP contribution is 2.30. The monoisotopic (exact) mass is 516 g/mol. The maximum absolute atomic E-state index is 12.6. The molecular weight excluding hydrogens is 505 g/mol. The van der Waals surface area contributed by atoms with Crippen molar-refractivity contribution < 1.29 is 22.8 Å². The first-order valence-electron chi connectivity index (χ1n) is 8.21. The van der Waals surface area contributed by atoms with Gasteiger partial charge in [0.05, 0.1) is 11.3 Å². The van der Waals surface area contributed by atoms with Crippen LogP contribution in [0.25, 0.3) is 0 Å². The highest BCUT2D eigenvalue weighted by Gasteiger charge is 2.30. The molecule has 1 heterocycles. The lowest BCUT2D eigenvalue weighted by Gasteiger charge is -2.08. The van der Waals surface area contributed by atoms with Gasteiger partial charge < -0.3 is 5.32 Å². The average molecular weight is 517 g/mol. The molecule has 0 bridgehead atoms. The molecule has 0 aliphatic rings. The summed E-state index contributed by atoms with van der Waals surface area (Å²) in [5.74, 6) is -0.762. The summed E-state index contributed by atoms with van der Waals surface area (Å²) in [5, 5.41) is 13.2. The van der Waals surface area contributed by atoms with Crippen molar-refractivity contribution in [1.29, 1.82) is 0 Å². The topological polar surface area (TPSA) is 84.0 Å². The zero-order valence-electron chi connectivity index (χ0n) is 14.9. The molecule has 2 amide bonds. The number of alkyl halides is 3. The van der Waals surface area contributed by atoms with Gasteiger partial charge in [-0.25, -0.2) is 0 Å². The van der Waals surface area contributed by atoms with Crippen LogP contribution in [0.2, 0.25) is 0 Å². The normalized spacial score (nSPS) is 11.2. The molecule has 0 spiro atoms. The van der Waals surface area contributed by atoms with Crippen LogP contribution in [0.4, 0.5) is 24.0 Å². The minimum absolute atomic E-state index is 0.0175. The fraction of sp³-hybridized carbons (Fsp3) is 0.111. The Kier molecular flexibility index (Phi) is 7.10. The van der Waals surface area contributed by atoms with Gasteiger partial charge in [-0.1, -0.05) is 39.0 Å². The highest BCUT2D eigenvalue weighted by atomic mass is 79.9. The Morgan fingerprint density at radius 3 is 2.30 bits per heavy atom. The van der Waals surface area contributed by atoms with E-state index in [2.05, 4.69) is 36.8 Å². The molecule has 0 saturated heterocycles. The number of aromatic nitrogens is 2. The predicted octanol–water partition coefficient (Wildman–Crippen LogP) is 5.30. The summed E-state index contributed by atoms with van der Waals surface area (Å²) in [5.41, 5.74) is -0.0757. The van der Waals surface area contributed by atoms with E-state index in [9.17, 15) is 22.8 Å². The van der Waals surface area contributed by atoms with Crippen LogP contribution in [0, 0.1) is 0 Å². The maximum atomic E-state index is 12.6. The van der Waals surface area contributed by atoms with E-state index in [1.807, 2.05) is 0 Å². The van der Waals surface area contributed by atoms with E-state index in [1.54, 1.807) is 24.3 Å². The second kappa shape index (κ2) is 9.58. The largest absolute Gasteiger partial charge is 0.416 e.